The molecule has 0 radical (unpaired) electrons. The number of likely N-dealkylation sites (tertiary alicyclic amines) is 1. The van der Waals surface area contributed by atoms with E-state index in [1.165, 1.54) is 12.8 Å². The number of rotatable bonds is 5. The Labute approximate surface area is 150 Å². The molecule has 136 valence electrons. The fourth-order valence-corrected chi connectivity index (χ4v) is 3.73. The van der Waals surface area contributed by atoms with Crippen molar-refractivity contribution in [2.24, 2.45) is 11.8 Å². The van der Waals surface area contributed by atoms with Crippen molar-refractivity contribution in [3.63, 3.8) is 0 Å². The highest BCUT2D eigenvalue weighted by Gasteiger charge is 2.35. The van der Waals surface area contributed by atoms with Gasteiger partial charge in [0.25, 0.3) is 0 Å². The second-order valence-corrected chi connectivity index (χ2v) is 7.55. The van der Waals surface area contributed by atoms with E-state index in [1.807, 2.05) is 30.3 Å². The molecule has 2 amide bonds. The first-order chi connectivity index (χ1) is 12.0. The summed E-state index contributed by atoms with van der Waals surface area (Å²) >= 11 is 0. The number of amides is 2. The first kappa shape index (κ1) is 17.9. The number of benzene rings is 1. The van der Waals surface area contributed by atoms with Gasteiger partial charge in [-0.25, -0.2) is 0 Å². The second kappa shape index (κ2) is 8.00. The Morgan fingerprint density at radius 3 is 2.60 bits per heavy atom. The lowest BCUT2D eigenvalue weighted by molar-refractivity contribution is -0.126. The third-order valence-corrected chi connectivity index (χ3v) is 5.58. The molecule has 5 nitrogen and oxygen atoms in total. The molecule has 2 aliphatic heterocycles. The molecule has 0 aliphatic carbocycles. The third kappa shape index (κ3) is 4.40. The minimum atomic E-state index is -0.249. The van der Waals surface area contributed by atoms with Crippen molar-refractivity contribution in [1.29, 1.82) is 0 Å². The molecule has 2 unspecified atom stereocenters. The number of nitrogens with one attached hydrogen (secondary N) is 1. The summed E-state index contributed by atoms with van der Waals surface area (Å²) in [7, 11) is 0. The van der Waals surface area contributed by atoms with E-state index >= 15 is 0 Å². The van der Waals surface area contributed by atoms with Gasteiger partial charge in [0.2, 0.25) is 11.8 Å². The predicted molar refractivity (Wildman–Crippen MR) is 99.3 cm³/mol. The summed E-state index contributed by atoms with van der Waals surface area (Å²) in [5.41, 5.74) is 0.874. The standard InChI is InChI=1S/C20H29N3O2/c1-15-8-10-22(11-9-15)16(2)13-21-20(25)17-12-19(24)23(14-17)18-6-4-3-5-7-18/h3-7,15-17H,8-14H2,1-2H3,(H,21,25). The van der Waals surface area contributed by atoms with Crippen LogP contribution in [0.3, 0.4) is 0 Å². The maximum absolute atomic E-state index is 12.5. The lowest BCUT2D eigenvalue weighted by Gasteiger charge is -2.35. The molecule has 0 aromatic heterocycles. The van der Waals surface area contributed by atoms with Gasteiger partial charge in [0.1, 0.15) is 0 Å². The lowest BCUT2D eigenvalue weighted by atomic mass is 9.98. The zero-order chi connectivity index (χ0) is 17.8. The minimum absolute atomic E-state index is 0.00371. The topological polar surface area (TPSA) is 52.7 Å². The van der Waals surface area contributed by atoms with E-state index in [0.717, 1.165) is 24.7 Å². The number of para-hydroxylation sites is 1. The van der Waals surface area contributed by atoms with E-state index < -0.39 is 0 Å². The summed E-state index contributed by atoms with van der Waals surface area (Å²) in [4.78, 5) is 28.9. The quantitative estimate of drug-likeness (QED) is 0.892. The summed E-state index contributed by atoms with van der Waals surface area (Å²) in [5, 5.41) is 3.07. The normalized spacial score (nSPS) is 23.7. The van der Waals surface area contributed by atoms with Gasteiger partial charge in [-0.15, -0.1) is 0 Å². The average Bonchev–Trinajstić information content (AvgIpc) is 3.02. The van der Waals surface area contributed by atoms with Crippen LogP contribution in [0, 0.1) is 11.8 Å². The number of carbonyl (C=O) groups is 2. The molecule has 2 heterocycles. The zero-order valence-corrected chi connectivity index (χ0v) is 15.3. The van der Waals surface area contributed by atoms with Crippen molar-refractivity contribution in [1.82, 2.24) is 10.2 Å². The van der Waals surface area contributed by atoms with Gasteiger partial charge in [-0.3, -0.25) is 14.5 Å². The van der Waals surface area contributed by atoms with Crippen molar-refractivity contribution in [2.75, 3.05) is 31.1 Å². The van der Waals surface area contributed by atoms with E-state index in [4.69, 9.17) is 0 Å². The summed E-state index contributed by atoms with van der Waals surface area (Å²) in [6.45, 7) is 7.84. The van der Waals surface area contributed by atoms with Crippen LogP contribution in [0.15, 0.2) is 30.3 Å². The molecule has 1 aromatic carbocycles. The number of anilines is 1. The molecule has 1 aromatic rings. The number of hydrogen-bond acceptors (Lipinski definition) is 3. The Morgan fingerprint density at radius 1 is 1.24 bits per heavy atom. The van der Waals surface area contributed by atoms with Crippen LogP contribution in [0.25, 0.3) is 0 Å². The summed E-state index contributed by atoms with van der Waals surface area (Å²) in [5.74, 6) is 0.598. The summed E-state index contributed by atoms with van der Waals surface area (Å²) in [6, 6.07) is 9.93. The smallest absolute Gasteiger partial charge is 0.227 e. The van der Waals surface area contributed by atoms with Crippen LogP contribution in [0.4, 0.5) is 5.69 Å². The molecule has 1 N–H and O–H groups in total. The highest BCUT2D eigenvalue weighted by atomic mass is 16.2. The van der Waals surface area contributed by atoms with Crippen LogP contribution in [0.1, 0.15) is 33.1 Å². The average molecular weight is 343 g/mol. The second-order valence-electron chi connectivity index (χ2n) is 7.55. The van der Waals surface area contributed by atoms with E-state index in [9.17, 15) is 9.59 Å². The number of hydrogen-bond donors (Lipinski definition) is 1. The lowest BCUT2D eigenvalue weighted by Crippen LogP contribution is -2.46. The molecule has 5 heteroatoms. The molecule has 0 saturated carbocycles. The summed E-state index contributed by atoms with van der Waals surface area (Å²) in [6.07, 6.45) is 2.78. The summed E-state index contributed by atoms with van der Waals surface area (Å²) < 4.78 is 0. The highest BCUT2D eigenvalue weighted by Crippen LogP contribution is 2.25. The maximum Gasteiger partial charge on any atom is 0.227 e. The van der Waals surface area contributed by atoms with E-state index in [0.29, 0.717) is 25.6 Å². The highest BCUT2D eigenvalue weighted by molar-refractivity contribution is 6.00. The van der Waals surface area contributed by atoms with Crippen LogP contribution in [-0.2, 0) is 9.59 Å². The Balaban J connectivity index is 1.48. The Morgan fingerprint density at radius 2 is 1.92 bits per heavy atom. The minimum Gasteiger partial charge on any atom is -0.354 e. The van der Waals surface area contributed by atoms with Crippen LogP contribution in [-0.4, -0.2) is 48.9 Å². The van der Waals surface area contributed by atoms with E-state index in [1.54, 1.807) is 4.90 Å². The molecule has 3 rings (SSSR count). The Bertz CT molecular complexity index is 596. The molecule has 2 fully saturated rings. The number of carbonyl (C=O) groups excluding carboxylic acids is 2. The van der Waals surface area contributed by atoms with Gasteiger partial charge in [0.15, 0.2) is 0 Å². The van der Waals surface area contributed by atoms with Gasteiger partial charge in [-0.05, 0) is 50.9 Å². The zero-order valence-electron chi connectivity index (χ0n) is 15.3. The van der Waals surface area contributed by atoms with E-state index in [2.05, 4.69) is 24.1 Å². The van der Waals surface area contributed by atoms with Crippen LogP contribution in [0.5, 0.6) is 0 Å². The molecule has 25 heavy (non-hydrogen) atoms. The van der Waals surface area contributed by atoms with Crippen LogP contribution < -0.4 is 10.2 Å². The van der Waals surface area contributed by atoms with Gasteiger partial charge in [0.05, 0.1) is 5.92 Å². The SMILES string of the molecule is CC1CCN(C(C)CNC(=O)C2CC(=O)N(c3ccccc3)C2)CC1. The molecule has 2 atom stereocenters. The fraction of sp³-hybridized carbons (Fsp3) is 0.600. The third-order valence-electron chi connectivity index (χ3n) is 5.58. The monoisotopic (exact) mass is 343 g/mol. The number of piperidine rings is 1. The largest absolute Gasteiger partial charge is 0.354 e. The molecule has 2 aliphatic rings. The molecular formula is C20H29N3O2. The fourth-order valence-electron chi connectivity index (χ4n) is 3.73. The number of nitrogens with zero attached hydrogens (tertiary/aromatic N) is 2. The van der Waals surface area contributed by atoms with Crippen LogP contribution >= 0.6 is 0 Å². The first-order valence-corrected chi connectivity index (χ1v) is 9.41. The van der Waals surface area contributed by atoms with Gasteiger partial charge in [-0.2, -0.15) is 0 Å². The molecule has 2 saturated heterocycles. The van der Waals surface area contributed by atoms with Gasteiger partial charge in [-0.1, -0.05) is 25.1 Å². The van der Waals surface area contributed by atoms with Gasteiger partial charge in [0, 0.05) is 31.2 Å². The van der Waals surface area contributed by atoms with Gasteiger partial charge < -0.3 is 10.2 Å². The van der Waals surface area contributed by atoms with E-state index in [-0.39, 0.29) is 17.7 Å². The predicted octanol–water partition coefficient (Wildman–Crippen LogP) is 2.28. The van der Waals surface area contributed by atoms with Crippen molar-refractivity contribution in [3.05, 3.63) is 30.3 Å². The maximum atomic E-state index is 12.5. The Kier molecular flexibility index (Phi) is 5.74. The van der Waals surface area contributed by atoms with Crippen LogP contribution in [0.2, 0.25) is 0 Å². The first-order valence-electron chi connectivity index (χ1n) is 9.41. The van der Waals surface area contributed by atoms with Crippen molar-refractivity contribution < 1.29 is 9.59 Å². The molecule has 0 spiro atoms. The van der Waals surface area contributed by atoms with Crippen molar-refractivity contribution >= 4 is 17.5 Å². The Hall–Kier alpha value is -1.88. The van der Waals surface area contributed by atoms with Crippen molar-refractivity contribution in [3.8, 4) is 0 Å². The molecule has 0 bridgehead atoms. The molecular weight excluding hydrogens is 314 g/mol. The van der Waals surface area contributed by atoms with Crippen molar-refractivity contribution in [2.45, 2.75) is 39.2 Å². The van der Waals surface area contributed by atoms with Gasteiger partial charge >= 0.3 is 0 Å².